The molecular weight excluding hydrogens is 204 g/mol. The maximum absolute atomic E-state index is 10.1. The van der Waals surface area contributed by atoms with Crippen LogP contribution in [0, 0.1) is 13.8 Å². The molecule has 2 rings (SSSR count). The first kappa shape index (κ1) is 11.4. The fraction of sp³-hybridized carbons (Fsp3) is 0.538. The molecule has 0 saturated heterocycles. The van der Waals surface area contributed by atoms with Gasteiger partial charge in [-0.15, -0.1) is 0 Å². The van der Waals surface area contributed by atoms with E-state index in [1.807, 2.05) is 26.8 Å². The zero-order valence-corrected chi connectivity index (χ0v) is 9.99. The third kappa shape index (κ3) is 1.93. The van der Waals surface area contributed by atoms with Crippen LogP contribution in [0.2, 0.25) is 0 Å². The number of fused-ring (bicyclic) bond motifs is 1. The molecule has 0 bridgehead atoms. The van der Waals surface area contributed by atoms with Crippen LogP contribution in [0.5, 0.6) is 5.75 Å². The van der Waals surface area contributed by atoms with Gasteiger partial charge in [-0.1, -0.05) is 6.07 Å². The van der Waals surface area contributed by atoms with Crippen molar-refractivity contribution in [2.45, 2.75) is 33.0 Å². The quantitative estimate of drug-likeness (QED) is 0.851. The lowest BCUT2D eigenvalue weighted by molar-refractivity contribution is -0.000816. The highest BCUT2D eigenvalue weighted by molar-refractivity contribution is 5.47. The Hall–Kier alpha value is -1.06. The van der Waals surface area contributed by atoms with Crippen molar-refractivity contribution < 1.29 is 14.6 Å². The molecule has 1 aromatic carbocycles. The number of benzene rings is 1. The van der Waals surface area contributed by atoms with Crippen molar-refractivity contribution in [3.05, 3.63) is 28.8 Å². The van der Waals surface area contributed by atoms with Crippen molar-refractivity contribution in [1.82, 2.24) is 0 Å². The zero-order chi connectivity index (χ0) is 11.7. The van der Waals surface area contributed by atoms with Gasteiger partial charge in [-0.05, 0) is 38.0 Å². The van der Waals surface area contributed by atoms with Crippen LogP contribution in [-0.2, 0) is 4.74 Å². The fourth-order valence-electron chi connectivity index (χ4n) is 2.19. The molecule has 0 amide bonds. The molecule has 0 aliphatic carbocycles. The Morgan fingerprint density at radius 3 is 2.81 bits per heavy atom. The third-order valence-electron chi connectivity index (χ3n) is 2.91. The standard InChI is InChI=1S/C13H18O3/c1-4-15-7-11-13(14)12-9(3)5-8(2)6-10(12)16-11/h5-6,11,13-14H,4,7H2,1-3H3. The molecule has 0 saturated carbocycles. The molecule has 1 aliphatic rings. The van der Waals surface area contributed by atoms with Crippen LogP contribution >= 0.6 is 0 Å². The van der Waals surface area contributed by atoms with Gasteiger partial charge >= 0.3 is 0 Å². The van der Waals surface area contributed by atoms with Gasteiger partial charge in [0.05, 0.1) is 6.61 Å². The Bertz CT molecular complexity index is 387. The van der Waals surface area contributed by atoms with Crippen molar-refractivity contribution in [3.63, 3.8) is 0 Å². The fourth-order valence-corrected chi connectivity index (χ4v) is 2.19. The smallest absolute Gasteiger partial charge is 0.152 e. The molecule has 0 radical (unpaired) electrons. The van der Waals surface area contributed by atoms with Gasteiger partial charge < -0.3 is 14.6 Å². The predicted molar refractivity (Wildman–Crippen MR) is 61.8 cm³/mol. The average Bonchev–Trinajstić information content (AvgIpc) is 2.52. The number of hydrogen-bond donors (Lipinski definition) is 1. The van der Waals surface area contributed by atoms with Crippen LogP contribution in [0.4, 0.5) is 0 Å². The van der Waals surface area contributed by atoms with Crippen molar-refractivity contribution in [2.75, 3.05) is 13.2 Å². The monoisotopic (exact) mass is 222 g/mol. The van der Waals surface area contributed by atoms with Crippen molar-refractivity contribution in [1.29, 1.82) is 0 Å². The van der Waals surface area contributed by atoms with E-state index < -0.39 is 6.10 Å². The van der Waals surface area contributed by atoms with Gasteiger partial charge in [0.25, 0.3) is 0 Å². The van der Waals surface area contributed by atoms with E-state index in [1.165, 1.54) is 0 Å². The normalized spacial score (nSPS) is 23.0. The highest BCUT2D eigenvalue weighted by Crippen LogP contribution is 2.39. The molecule has 88 valence electrons. The second-order valence-corrected chi connectivity index (χ2v) is 4.25. The van der Waals surface area contributed by atoms with Gasteiger partial charge in [0.1, 0.15) is 11.9 Å². The highest BCUT2D eigenvalue weighted by Gasteiger charge is 2.34. The summed E-state index contributed by atoms with van der Waals surface area (Å²) in [5.41, 5.74) is 3.15. The van der Waals surface area contributed by atoms with Gasteiger partial charge in [0, 0.05) is 12.2 Å². The molecule has 0 fully saturated rings. The van der Waals surface area contributed by atoms with Gasteiger partial charge in [-0.25, -0.2) is 0 Å². The maximum Gasteiger partial charge on any atom is 0.152 e. The summed E-state index contributed by atoms with van der Waals surface area (Å²) in [5, 5.41) is 10.1. The molecule has 16 heavy (non-hydrogen) atoms. The molecule has 2 unspecified atom stereocenters. The topological polar surface area (TPSA) is 38.7 Å². The largest absolute Gasteiger partial charge is 0.485 e. The summed E-state index contributed by atoms with van der Waals surface area (Å²) in [6, 6.07) is 4.03. The number of aliphatic hydroxyl groups is 1. The van der Waals surface area contributed by atoms with E-state index in [0.29, 0.717) is 13.2 Å². The lowest BCUT2D eigenvalue weighted by Gasteiger charge is -2.14. The molecule has 0 aromatic heterocycles. The lowest BCUT2D eigenvalue weighted by Crippen LogP contribution is -2.24. The summed E-state index contributed by atoms with van der Waals surface area (Å²) in [6.07, 6.45) is -0.836. The molecule has 2 atom stereocenters. The number of rotatable bonds is 3. The van der Waals surface area contributed by atoms with E-state index in [2.05, 4.69) is 6.07 Å². The molecular formula is C13H18O3. The first-order valence-corrected chi connectivity index (χ1v) is 5.67. The SMILES string of the molecule is CCOCC1Oc2cc(C)cc(C)c2C1O. The molecule has 1 aromatic rings. The molecule has 3 nitrogen and oxygen atoms in total. The minimum atomic E-state index is -0.567. The summed E-state index contributed by atoms with van der Waals surface area (Å²) in [5.74, 6) is 0.801. The summed E-state index contributed by atoms with van der Waals surface area (Å²) in [7, 11) is 0. The van der Waals surface area contributed by atoms with E-state index in [9.17, 15) is 5.11 Å². The number of ether oxygens (including phenoxy) is 2. The summed E-state index contributed by atoms with van der Waals surface area (Å²) < 4.78 is 11.0. The Balaban J connectivity index is 2.24. The molecule has 1 aliphatic heterocycles. The van der Waals surface area contributed by atoms with Gasteiger partial charge in [-0.2, -0.15) is 0 Å². The van der Waals surface area contributed by atoms with E-state index >= 15 is 0 Å². The second kappa shape index (κ2) is 4.44. The first-order chi connectivity index (χ1) is 7.63. The molecule has 1 heterocycles. The van der Waals surface area contributed by atoms with Gasteiger partial charge in [0.2, 0.25) is 0 Å². The Kier molecular flexibility index (Phi) is 3.17. The molecule has 1 N–H and O–H groups in total. The van der Waals surface area contributed by atoms with Crippen LogP contribution in [-0.4, -0.2) is 24.4 Å². The van der Waals surface area contributed by atoms with Crippen molar-refractivity contribution in [3.8, 4) is 5.75 Å². The Morgan fingerprint density at radius 1 is 1.38 bits per heavy atom. The maximum atomic E-state index is 10.1. The van der Waals surface area contributed by atoms with Crippen LogP contribution in [0.15, 0.2) is 12.1 Å². The predicted octanol–water partition coefficient (Wildman–Crippen LogP) is 2.13. The van der Waals surface area contributed by atoms with E-state index in [0.717, 1.165) is 22.4 Å². The minimum absolute atomic E-state index is 0.268. The summed E-state index contributed by atoms with van der Waals surface area (Å²) >= 11 is 0. The average molecular weight is 222 g/mol. The minimum Gasteiger partial charge on any atom is -0.485 e. The van der Waals surface area contributed by atoms with Gasteiger partial charge in [0.15, 0.2) is 6.10 Å². The number of hydrogen-bond acceptors (Lipinski definition) is 3. The van der Waals surface area contributed by atoms with E-state index in [1.54, 1.807) is 0 Å². The molecule has 0 spiro atoms. The van der Waals surface area contributed by atoms with Crippen LogP contribution in [0.1, 0.15) is 29.7 Å². The number of aryl methyl sites for hydroxylation is 2. The van der Waals surface area contributed by atoms with Crippen molar-refractivity contribution >= 4 is 0 Å². The van der Waals surface area contributed by atoms with Crippen LogP contribution < -0.4 is 4.74 Å². The Morgan fingerprint density at radius 2 is 2.12 bits per heavy atom. The van der Waals surface area contributed by atoms with E-state index in [-0.39, 0.29) is 6.10 Å². The zero-order valence-electron chi connectivity index (χ0n) is 9.99. The summed E-state index contributed by atoms with van der Waals surface area (Å²) in [6.45, 7) is 7.04. The van der Waals surface area contributed by atoms with Crippen LogP contribution in [0.3, 0.4) is 0 Å². The number of aliphatic hydroxyl groups excluding tert-OH is 1. The van der Waals surface area contributed by atoms with Crippen molar-refractivity contribution in [2.24, 2.45) is 0 Å². The summed E-state index contributed by atoms with van der Waals surface area (Å²) in [4.78, 5) is 0. The molecule has 3 heteroatoms. The Labute approximate surface area is 96.0 Å². The highest BCUT2D eigenvalue weighted by atomic mass is 16.5. The lowest BCUT2D eigenvalue weighted by atomic mass is 9.99. The van der Waals surface area contributed by atoms with E-state index in [4.69, 9.17) is 9.47 Å². The second-order valence-electron chi connectivity index (χ2n) is 4.25. The third-order valence-corrected chi connectivity index (χ3v) is 2.91. The van der Waals surface area contributed by atoms with Gasteiger partial charge in [-0.3, -0.25) is 0 Å². The first-order valence-electron chi connectivity index (χ1n) is 5.67. The van der Waals surface area contributed by atoms with Crippen LogP contribution in [0.25, 0.3) is 0 Å².